The lowest BCUT2D eigenvalue weighted by atomic mass is 10.1. The molecular formula is C14H7Cl2N3O5. The van der Waals surface area contributed by atoms with Gasteiger partial charge in [0.2, 0.25) is 5.75 Å². The second-order valence-corrected chi connectivity index (χ2v) is 5.46. The number of aromatic nitrogens is 2. The van der Waals surface area contributed by atoms with Crippen LogP contribution in [0.4, 0.5) is 5.69 Å². The van der Waals surface area contributed by atoms with E-state index >= 15 is 0 Å². The van der Waals surface area contributed by atoms with Gasteiger partial charge >= 0.3 is 5.69 Å². The molecule has 0 unspecified atom stereocenters. The van der Waals surface area contributed by atoms with Crippen LogP contribution in [0, 0.1) is 10.1 Å². The van der Waals surface area contributed by atoms with Gasteiger partial charge in [0.1, 0.15) is 5.69 Å². The molecule has 0 radical (unpaired) electrons. The van der Waals surface area contributed by atoms with Gasteiger partial charge in [0.25, 0.3) is 0 Å². The zero-order valence-electron chi connectivity index (χ0n) is 11.6. The van der Waals surface area contributed by atoms with Crippen LogP contribution < -0.4 is 0 Å². The Morgan fingerprint density at radius 2 is 1.83 bits per heavy atom. The Morgan fingerprint density at radius 1 is 1.17 bits per heavy atom. The molecule has 8 nitrogen and oxygen atoms in total. The van der Waals surface area contributed by atoms with Crippen molar-refractivity contribution >= 4 is 28.9 Å². The highest BCUT2D eigenvalue weighted by Gasteiger charge is 2.26. The first-order chi connectivity index (χ1) is 11.4. The predicted molar refractivity (Wildman–Crippen MR) is 85.2 cm³/mol. The quantitative estimate of drug-likeness (QED) is 0.406. The van der Waals surface area contributed by atoms with Crippen LogP contribution in [0.25, 0.3) is 22.6 Å². The van der Waals surface area contributed by atoms with Crippen LogP contribution in [0.2, 0.25) is 10.0 Å². The van der Waals surface area contributed by atoms with Gasteiger partial charge in [-0.1, -0.05) is 28.4 Å². The molecule has 0 spiro atoms. The largest absolute Gasteiger partial charge is 0.504 e. The number of nitrogens with zero attached hydrogens (tertiary/aromatic N) is 3. The van der Waals surface area contributed by atoms with Gasteiger partial charge in [0, 0.05) is 18.5 Å². The van der Waals surface area contributed by atoms with E-state index in [0.717, 1.165) is 6.07 Å². The van der Waals surface area contributed by atoms with Gasteiger partial charge in [-0.2, -0.15) is 0 Å². The molecule has 122 valence electrons. The van der Waals surface area contributed by atoms with E-state index in [1.165, 1.54) is 24.5 Å². The normalized spacial score (nSPS) is 10.8. The maximum absolute atomic E-state index is 11.2. The molecule has 0 atom stereocenters. The van der Waals surface area contributed by atoms with Crippen LogP contribution in [-0.4, -0.2) is 25.3 Å². The standard InChI is InChI=1S/C14H7Cl2N3O5/c15-7-4-17-5-8(16)12(7)11-3-9(18-24-11)6-1-2-10(20)14(21)13(6)19(22)23/h1-5,20-21H. The maximum atomic E-state index is 11.2. The van der Waals surface area contributed by atoms with E-state index in [9.17, 15) is 20.3 Å². The number of nitro benzene ring substituents is 1. The Balaban J connectivity index is 2.16. The van der Waals surface area contributed by atoms with Gasteiger partial charge in [0.05, 0.1) is 26.1 Å². The van der Waals surface area contributed by atoms with Gasteiger partial charge in [0.15, 0.2) is 11.5 Å². The molecule has 2 N–H and O–H groups in total. The van der Waals surface area contributed by atoms with E-state index in [2.05, 4.69) is 10.1 Å². The zero-order valence-corrected chi connectivity index (χ0v) is 13.1. The van der Waals surface area contributed by atoms with Crippen LogP contribution in [0.5, 0.6) is 11.5 Å². The number of hydrogen-bond donors (Lipinski definition) is 2. The summed E-state index contributed by atoms with van der Waals surface area (Å²) in [6.45, 7) is 0. The molecule has 0 aliphatic heterocycles. The van der Waals surface area contributed by atoms with Crippen molar-refractivity contribution in [2.24, 2.45) is 0 Å². The number of benzene rings is 1. The minimum absolute atomic E-state index is 0.0356. The third-order valence-corrected chi connectivity index (χ3v) is 3.77. The number of pyridine rings is 1. The van der Waals surface area contributed by atoms with Crippen molar-refractivity contribution < 1.29 is 19.7 Å². The lowest BCUT2D eigenvalue weighted by Crippen LogP contribution is -1.93. The van der Waals surface area contributed by atoms with E-state index in [0.29, 0.717) is 5.56 Å². The molecule has 0 aliphatic carbocycles. The van der Waals surface area contributed by atoms with Crippen LogP contribution in [-0.2, 0) is 0 Å². The first kappa shape index (κ1) is 16.0. The highest BCUT2D eigenvalue weighted by Crippen LogP contribution is 2.43. The summed E-state index contributed by atoms with van der Waals surface area (Å²) in [5, 5.41) is 34.5. The number of hydrogen-bond acceptors (Lipinski definition) is 7. The lowest BCUT2D eigenvalue weighted by Gasteiger charge is -2.03. The molecular weight excluding hydrogens is 361 g/mol. The molecule has 1 aromatic carbocycles. The molecule has 2 heterocycles. The molecule has 0 bridgehead atoms. The van der Waals surface area contributed by atoms with E-state index in [1.54, 1.807) is 0 Å². The van der Waals surface area contributed by atoms with Crippen LogP contribution in [0.15, 0.2) is 35.1 Å². The molecule has 3 rings (SSSR count). The maximum Gasteiger partial charge on any atom is 0.324 e. The van der Waals surface area contributed by atoms with E-state index in [4.69, 9.17) is 27.7 Å². The van der Waals surface area contributed by atoms with Crippen molar-refractivity contribution in [3.8, 4) is 34.1 Å². The van der Waals surface area contributed by atoms with E-state index in [1.807, 2.05) is 0 Å². The third-order valence-electron chi connectivity index (χ3n) is 3.20. The number of rotatable bonds is 3. The summed E-state index contributed by atoms with van der Waals surface area (Å²) >= 11 is 12.1. The lowest BCUT2D eigenvalue weighted by molar-refractivity contribution is -0.385. The highest BCUT2D eigenvalue weighted by atomic mass is 35.5. The Kier molecular flexibility index (Phi) is 4.00. The zero-order chi connectivity index (χ0) is 17.4. The molecule has 3 aromatic rings. The molecule has 0 amide bonds. The van der Waals surface area contributed by atoms with Crippen molar-refractivity contribution in [3.63, 3.8) is 0 Å². The van der Waals surface area contributed by atoms with E-state index in [-0.39, 0.29) is 27.1 Å². The summed E-state index contributed by atoms with van der Waals surface area (Å²) in [5.41, 5.74) is -0.331. The predicted octanol–water partition coefficient (Wildman–Crippen LogP) is 4.03. The fraction of sp³-hybridized carbons (Fsp3) is 0. The van der Waals surface area contributed by atoms with Crippen molar-refractivity contribution in [2.45, 2.75) is 0 Å². The summed E-state index contributed by atoms with van der Waals surface area (Å²) in [6.07, 6.45) is 2.72. The minimum atomic E-state index is -0.859. The first-order valence-corrected chi connectivity index (χ1v) is 7.11. The third kappa shape index (κ3) is 2.61. The van der Waals surface area contributed by atoms with Crippen LogP contribution in [0.1, 0.15) is 0 Å². The van der Waals surface area contributed by atoms with Crippen molar-refractivity contribution in [1.29, 1.82) is 0 Å². The fourth-order valence-corrected chi connectivity index (χ4v) is 2.68. The van der Waals surface area contributed by atoms with Crippen molar-refractivity contribution in [3.05, 3.63) is 50.8 Å². The molecule has 2 aromatic heterocycles. The molecule has 24 heavy (non-hydrogen) atoms. The van der Waals surface area contributed by atoms with Gasteiger partial charge in [-0.25, -0.2) is 0 Å². The minimum Gasteiger partial charge on any atom is -0.504 e. The van der Waals surface area contributed by atoms with E-state index < -0.39 is 22.1 Å². The van der Waals surface area contributed by atoms with Gasteiger partial charge in [-0.05, 0) is 12.1 Å². The number of phenols is 2. The Morgan fingerprint density at radius 3 is 2.46 bits per heavy atom. The first-order valence-electron chi connectivity index (χ1n) is 6.36. The van der Waals surface area contributed by atoms with Crippen LogP contribution in [0.3, 0.4) is 0 Å². The van der Waals surface area contributed by atoms with Gasteiger partial charge in [-0.15, -0.1) is 0 Å². The smallest absolute Gasteiger partial charge is 0.324 e. The van der Waals surface area contributed by atoms with Crippen LogP contribution >= 0.6 is 23.2 Å². The fourth-order valence-electron chi connectivity index (χ4n) is 2.13. The monoisotopic (exact) mass is 367 g/mol. The number of nitro groups is 1. The highest BCUT2D eigenvalue weighted by molar-refractivity contribution is 6.38. The van der Waals surface area contributed by atoms with Crippen molar-refractivity contribution in [1.82, 2.24) is 10.1 Å². The second kappa shape index (κ2) is 5.99. The number of phenolic OH excluding ortho intramolecular Hbond substituents is 2. The van der Waals surface area contributed by atoms with Gasteiger partial charge in [-0.3, -0.25) is 15.1 Å². The Hall–Kier alpha value is -2.84. The van der Waals surface area contributed by atoms with Crippen molar-refractivity contribution in [2.75, 3.05) is 0 Å². The number of aromatic hydroxyl groups is 2. The van der Waals surface area contributed by atoms with Gasteiger partial charge < -0.3 is 14.7 Å². The Labute approximate surface area is 144 Å². The molecule has 0 saturated heterocycles. The summed E-state index contributed by atoms with van der Waals surface area (Å²) in [5.74, 6) is -1.30. The average Bonchev–Trinajstić information content (AvgIpc) is 2.98. The second-order valence-electron chi connectivity index (χ2n) is 4.64. The molecule has 10 heteroatoms. The topological polar surface area (TPSA) is 123 Å². The molecule has 0 aliphatic rings. The number of halogens is 2. The molecule has 0 fully saturated rings. The Bertz CT molecular complexity index is 937. The summed E-state index contributed by atoms with van der Waals surface area (Å²) in [4.78, 5) is 14.2. The molecule has 0 saturated carbocycles. The SMILES string of the molecule is O=[N+]([O-])c1c(-c2cc(-c3c(Cl)cncc3Cl)on2)ccc(O)c1O. The summed E-state index contributed by atoms with van der Waals surface area (Å²) in [7, 11) is 0. The average molecular weight is 368 g/mol. The summed E-state index contributed by atoms with van der Waals surface area (Å²) < 4.78 is 5.16. The summed E-state index contributed by atoms with van der Waals surface area (Å²) in [6, 6.07) is 3.73.